The molecule has 35 heavy (non-hydrogen) atoms. The van der Waals surface area contributed by atoms with Crippen molar-refractivity contribution in [3.05, 3.63) is 53.2 Å². The van der Waals surface area contributed by atoms with Crippen molar-refractivity contribution < 1.29 is 18.8 Å². The molecule has 0 amide bonds. The number of carbonyl (C=O) groups excluding carboxylic acids is 1. The summed E-state index contributed by atoms with van der Waals surface area (Å²) in [6.45, 7) is 7.05. The third-order valence-corrected chi connectivity index (χ3v) is 5.68. The molecule has 4 rings (SSSR count). The SMILES string of the molecule is CCOC(=O)CNCCCc1c[nH]c2c(-c3noc(-c4ccc(OC(C)C)c(Cl)c4)n3)cccc12. The lowest BCUT2D eigenvalue weighted by atomic mass is 10.1. The zero-order valence-corrected chi connectivity index (χ0v) is 20.8. The average molecular weight is 497 g/mol. The highest BCUT2D eigenvalue weighted by Gasteiger charge is 2.16. The van der Waals surface area contributed by atoms with Crippen LogP contribution in [0.1, 0.15) is 32.8 Å². The van der Waals surface area contributed by atoms with Crippen LogP contribution in [-0.4, -0.2) is 46.9 Å². The van der Waals surface area contributed by atoms with E-state index in [9.17, 15) is 4.79 Å². The quantitative estimate of drug-likeness (QED) is 0.211. The Hall–Kier alpha value is -3.36. The van der Waals surface area contributed by atoms with E-state index in [0.29, 0.717) is 29.1 Å². The van der Waals surface area contributed by atoms with Gasteiger partial charge in [0.1, 0.15) is 5.75 Å². The molecule has 184 valence electrons. The molecule has 0 bridgehead atoms. The van der Waals surface area contributed by atoms with Crippen molar-refractivity contribution in [1.82, 2.24) is 20.4 Å². The second-order valence-electron chi connectivity index (χ2n) is 8.36. The van der Waals surface area contributed by atoms with Crippen LogP contribution in [0.15, 0.2) is 47.1 Å². The van der Waals surface area contributed by atoms with Crippen molar-refractivity contribution in [2.24, 2.45) is 0 Å². The molecule has 0 aliphatic carbocycles. The van der Waals surface area contributed by atoms with Crippen molar-refractivity contribution in [3.63, 3.8) is 0 Å². The number of nitrogens with one attached hydrogen (secondary N) is 2. The number of para-hydroxylation sites is 1. The second-order valence-corrected chi connectivity index (χ2v) is 8.77. The van der Waals surface area contributed by atoms with Gasteiger partial charge < -0.3 is 24.3 Å². The summed E-state index contributed by atoms with van der Waals surface area (Å²) in [6, 6.07) is 11.4. The number of aromatic nitrogens is 3. The summed E-state index contributed by atoms with van der Waals surface area (Å²) in [6.07, 6.45) is 3.79. The number of hydrogen-bond donors (Lipinski definition) is 2. The molecular formula is C26H29ClN4O4. The van der Waals surface area contributed by atoms with Gasteiger partial charge in [-0.15, -0.1) is 0 Å². The molecule has 4 aromatic rings. The van der Waals surface area contributed by atoms with Crippen LogP contribution >= 0.6 is 11.6 Å². The van der Waals surface area contributed by atoms with Gasteiger partial charge in [-0.05, 0) is 70.0 Å². The Kier molecular flexibility index (Phi) is 8.05. The maximum absolute atomic E-state index is 11.4. The van der Waals surface area contributed by atoms with Crippen LogP contribution in [0.5, 0.6) is 5.75 Å². The molecule has 8 nitrogen and oxygen atoms in total. The van der Waals surface area contributed by atoms with Crippen LogP contribution in [0.4, 0.5) is 0 Å². The summed E-state index contributed by atoms with van der Waals surface area (Å²) in [7, 11) is 0. The number of H-pyrrole nitrogens is 1. The first-order valence-electron chi connectivity index (χ1n) is 11.7. The summed E-state index contributed by atoms with van der Waals surface area (Å²) in [4.78, 5) is 19.4. The monoisotopic (exact) mass is 496 g/mol. The van der Waals surface area contributed by atoms with Crippen LogP contribution in [0.3, 0.4) is 0 Å². The molecule has 0 fully saturated rings. The van der Waals surface area contributed by atoms with Crippen molar-refractivity contribution in [2.45, 2.75) is 39.7 Å². The fourth-order valence-electron chi connectivity index (χ4n) is 3.85. The van der Waals surface area contributed by atoms with Gasteiger partial charge in [0.05, 0.1) is 29.8 Å². The smallest absolute Gasteiger partial charge is 0.319 e. The van der Waals surface area contributed by atoms with Gasteiger partial charge in [0.2, 0.25) is 5.82 Å². The Labute approximate surface area is 209 Å². The third-order valence-electron chi connectivity index (χ3n) is 5.38. The molecular weight excluding hydrogens is 468 g/mol. The Morgan fingerprint density at radius 2 is 2.11 bits per heavy atom. The summed E-state index contributed by atoms with van der Waals surface area (Å²) in [5, 5.41) is 8.92. The molecule has 0 aliphatic heterocycles. The number of benzene rings is 2. The van der Waals surface area contributed by atoms with E-state index in [1.807, 2.05) is 38.2 Å². The van der Waals surface area contributed by atoms with Gasteiger partial charge in [0, 0.05) is 22.7 Å². The average Bonchev–Trinajstić information content (AvgIpc) is 3.48. The van der Waals surface area contributed by atoms with Crippen molar-refractivity contribution >= 4 is 28.5 Å². The van der Waals surface area contributed by atoms with Crippen LogP contribution in [-0.2, 0) is 16.0 Å². The molecule has 2 N–H and O–H groups in total. The molecule has 9 heteroatoms. The van der Waals surface area contributed by atoms with Gasteiger partial charge in [-0.3, -0.25) is 4.79 Å². The molecule has 0 atom stereocenters. The molecule has 2 aromatic carbocycles. The molecule has 0 saturated carbocycles. The lowest BCUT2D eigenvalue weighted by Crippen LogP contribution is -2.25. The zero-order chi connectivity index (χ0) is 24.8. The van der Waals surface area contributed by atoms with Crippen molar-refractivity contribution in [1.29, 1.82) is 0 Å². The number of halogens is 1. The number of rotatable bonds is 11. The van der Waals surface area contributed by atoms with Gasteiger partial charge in [0.25, 0.3) is 5.89 Å². The molecule has 0 unspecified atom stereocenters. The minimum Gasteiger partial charge on any atom is -0.489 e. The Balaban J connectivity index is 1.46. The standard InChI is InChI=1S/C26H29ClN4O4/c1-4-33-23(32)15-28-12-6-7-18-14-29-24-19(18)8-5-9-20(24)25-30-26(35-31-25)17-10-11-22(21(27)13-17)34-16(2)3/h5,8-11,13-14,16,28-29H,4,6-7,12,15H2,1-3H3. The van der Waals surface area contributed by atoms with Gasteiger partial charge in [-0.1, -0.05) is 28.9 Å². The van der Waals surface area contributed by atoms with Gasteiger partial charge in [-0.25, -0.2) is 0 Å². The topological polar surface area (TPSA) is 102 Å². The van der Waals surface area contributed by atoms with E-state index < -0.39 is 0 Å². The molecule has 0 saturated heterocycles. The fraction of sp³-hybridized carbons (Fsp3) is 0.346. The number of fused-ring (bicyclic) bond motifs is 1. The van der Waals surface area contributed by atoms with E-state index in [2.05, 4.69) is 26.5 Å². The normalized spacial score (nSPS) is 11.3. The maximum Gasteiger partial charge on any atom is 0.319 e. The van der Waals surface area contributed by atoms with Gasteiger partial charge in [-0.2, -0.15) is 4.98 Å². The van der Waals surface area contributed by atoms with Crippen molar-refractivity contribution in [2.75, 3.05) is 19.7 Å². The van der Waals surface area contributed by atoms with E-state index >= 15 is 0 Å². The van der Waals surface area contributed by atoms with E-state index in [1.165, 1.54) is 5.56 Å². The molecule has 0 aliphatic rings. The number of aryl methyl sites for hydroxylation is 1. The van der Waals surface area contributed by atoms with Crippen LogP contribution < -0.4 is 10.1 Å². The number of hydrogen-bond acceptors (Lipinski definition) is 7. The lowest BCUT2D eigenvalue weighted by molar-refractivity contribution is -0.141. The van der Waals surface area contributed by atoms with E-state index in [-0.39, 0.29) is 18.6 Å². The molecule has 2 heterocycles. The summed E-state index contributed by atoms with van der Waals surface area (Å²) < 4.78 is 16.2. The highest BCUT2D eigenvalue weighted by Crippen LogP contribution is 2.33. The third kappa shape index (κ3) is 6.01. The molecule has 0 radical (unpaired) electrons. The first kappa shape index (κ1) is 24.8. The largest absolute Gasteiger partial charge is 0.489 e. The predicted molar refractivity (Wildman–Crippen MR) is 136 cm³/mol. The summed E-state index contributed by atoms with van der Waals surface area (Å²) in [5.74, 6) is 1.26. The molecule has 0 spiro atoms. The van der Waals surface area contributed by atoms with E-state index in [4.69, 9.17) is 25.6 Å². The first-order chi connectivity index (χ1) is 17.0. The van der Waals surface area contributed by atoms with E-state index in [1.54, 1.807) is 19.1 Å². The second kappa shape index (κ2) is 11.4. The summed E-state index contributed by atoms with van der Waals surface area (Å²) in [5.41, 5.74) is 3.72. The van der Waals surface area contributed by atoms with Crippen LogP contribution in [0.2, 0.25) is 5.02 Å². The number of carbonyl (C=O) groups is 1. The number of esters is 1. The zero-order valence-electron chi connectivity index (χ0n) is 20.1. The van der Waals surface area contributed by atoms with Gasteiger partial charge in [0.15, 0.2) is 0 Å². The van der Waals surface area contributed by atoms with Crippen molar-refractivity contribution in [3.8, 4) is 28.6 Å². The number of ether oxygens (including phenoxy) is 2. The fourth-order valence-corrected chi connectivity index (χ4v) is 4.07. The minimum absolute atomic E-state index is 0.0281. The molecule has 2 aromatic heterocycles. The highest BCUT2D eigenvalue weighted by molar-refractivity contribution is 6.32. The lowest BCUT2D eigenvalue weighted by Gasteiger charge is -2.11. The Bertz CT molecular complexity index is 1300. The number of nitrogens with zero attached hydrogens (tertiary/aromatic N) is 2. The van der Waals surface area contributed by atoms with Crippen LogP contribution in [0, 0.1) is 0 Å². The van der Waals surface area contributed by atoms with Crippen LogP contribution in [0.25, 0.3) is 33.7 Å². The maximum atomic E-state index is 11.4. The minimum atomic E-state index is -0.231. The Morgan fingerprint density at radius 1 is 1.26 bits per heavy atom. The van der Waals surface area contributed by atoms with Gasteiger partial charge >= 0.3 is 5.97 Å². The Morgan fingerprint density at radius 3 is 2.89 bits per heavy atom. The summed E-state index contributed by atoms with van der Waals surface area (Å²) >= 11 is 6.37. The first-order valence-corrected chi connectivity index (χ1v) is 12.1. The number of aromatic amines is 1. The predicted octanol–water partition coefficient (Wildman–Crippen LogP) is 5.41. The highest BCUT2D eigenvalue weighted by atomic mass is 35.5. The van der Waals surface area contributed by atoms with E-state index in [0.717, 1.165) is 41.4 Å².